The normalized spacial score (nSPS) is 10.4. The number of rotatable bonds is 4. The maximum Gasteiger partial charge on any atom is 0.131 e. The Balaban J connectivity index is 2.33. The van der Waals surface area contributed by atoms with Gasteiger partial charge in [-0.1, -0.05) is 52.7 Å². The second kappa shape index (κ2) is 6.26. The first kappa shape index (κ1) is 13.4. The number of ether oxygens (including phenoxy) is 1. The van der Waals surface area contributed by atoms with E-state index in [-0.39, 0.29) is 0 Å². The molecule has 2 aromatic carbocycles. The number of para-hydroxylation sites is 1. The van der Waals surface area contributed by atoms with Crippen molar-refractivity contribution in [3.05, 3.63) is 58.6 Å². The summed E-state index contributed by atoms with van der Waals surface area (Å²) >= 11 is 9.43. The van der Waals surface area contributed by atoms with Crippen molar-refractivity contribution in [1.29, 1.82) is 0 Å². The average Bonchev–Trinajstić information content (AvgIpc) is 2.41. The van der Waals surface area contributed by atoms with E-state index in [0.29, 0.717) is 0 Å². The van der Waals surface area contributed by atoms with Crippen LogP contribution in [0.5, 0.6) is 11.5 Å². The first-order valence-electron chi connectivity index (χ1n) is 5.84. The third kappa shape index (κ3) is 3.06. The second-order valence-electron chi connectivity index (χ2n) is 3.95. The summed E-state index contributed by atoms with van der Waals surface area (Å²) in [4.78, 5) is 0. The Bertz CT molecular complexity index is 540. The molecule has 0 fully saturated rings. The van der Waals surface area contributed by atoms with E-state index in [2.05, 4.69) is 28.9 Å². The van der Waals surface area contributed by atoms with Crippen LogP contribution < -0.4 is 4.74 Å². The van der Waals surface area contributed by atoms with Gasteiger partial charge >= 0.3 is 0 Å². The van der Waals surface area contributed by atoms with E-state index in [1.165, 1.54) is 5.56 Å². The summed E-state index contributed by atoms with van der Waals surface area (Å²) in [6, 6.07) is 13.8. The van der Waals surface area contributed by atoms with E-state index in [4.69, 9.17) is 16.3 Å². The van der Waals surface area contributed by atoms with Gasteiger partial charge in [-0.3, -0.25) is 0 Å². The fourth-order valence-corrected chi connectivity index (χ4v) is 2.40. The minimum absolute atomic E-state index is 0.719. The highest BCUT2D eigenvalue weighted by Gasteiger charge is 2.07. The molecule has 2 rings (SSSR count). The van der Waals surface area contributed by atoms with Gasteiger partial charge in [0.05, 0.1) is 0 Å². The number of hydrogen-bond donors (Lipinski definition) is 0. The van der Waals surface area contributed by atoms with Gasteiger partial charge in [-0.25, -0.2) is 0 Å². The van der Waals surface area contributed by atoms with Crippen LogP contribution in [0.4, 0.5) is 0 Å². The predicted molar refractivity (Wildman–Crippen MR) is 80.0 cm³/mol. The number of alkyl halides is 1. The van der Waals surface area contributed by atoms with Crippen LogP contribution in [0.3, 0.4) is 0 Å². The second-order valence-corrected chi connectivity index (χ2v) is 4.95. The summed E-state index contributed by atoms with van der Waals surface area (Å²) < 4.78 is 5.99. The lowest BCUT2D eigenvalue weighted by atomic mass is 10.1. The Morgan fingerprint density at radius 1 is 1.06 bits per heavy atom. The van der Waals surface area contributed by atoms with E-state index in [1.807, 2.05) is 36.4 Å². The number of aryl methyl sites for hydroxylation is 1. The minimum atomic E-state index is 0.719. The highest BCUT2D eigenvalue weighted by atomic mass is 79.9. The highest BCUT2D eigenvalue weighted by Crippen LogP contribution is 2.31. The van der Waals surface area contributed by atoms with E-state index < -0.39 is 0 Å². The first-order chi connectivity index (χ1) is 8.74. The third-order valence-electron chi connectivity index (χ3n) is 2.74. The zero-order valence-electron chi connectivity index (χ0n) is 10.1. The Hall–Kier alpha value is -0.990. The molecule has 2 aromatic rings. The molecule has 0 radical (unpaired) electrons. The van der Waals surface area contributed by atoms with E-state index >= 15 is 0 Å². The molecule has 18 heavy (non-hydrogen) atoms. The van der Waals surface area contributed by atoms with Crippen molar-refractivity contribution >= 4 is 27.5 Å². The van der Waals surface area contributed by atoms with Crippen molar-refractivity contribution in [1.82, 2.24) is 0 Å². The van der Waals surface area contributed by atoms with E-state index in [1.54, 1.807) is 0 Å². The monoisotopic (exact) mass is 324 g/mol. The van der Waals surface area contributed by atoms with Crippen LogP contribution in [0.2, 0.25) is 5.02 Å². The lowest BCUT2D eigenvalue weighted by Crippen LogP contribution is -1.93. The summed E-state index contributed by atoms with van der Waals surface area (Å²) in [5.74, 6) is 1.75. The fourth-order valence-electron chi connectivity index (χ4n) is 1.77. The largest absolute Gasteiger partial charge is 0.457 e. The van der Waals surface area contributed by atoms with Gasteiger partial charge in [0.15, 0.2) is 0 Å². The van der Waals surface area contributed by atoms with Gasteiger partial charge < -0.3 is 4.74 Å². The molecule has 0 saturated carbocycles. The fraction of sp³-hybridized carbons (Fsp3) is 0.200. The molecule has 0 bridgehead atoms. The lowest BCUT2D eigenvalue weighted by Gasteiger charge is -2.12. The van der Waals surface area contributed by atoms with Crippen LogP contribution in [0.25, 0.3) is 0 Å². The zero-order chi connectivity index (χ0) is 13.0. The number of hydrogen-bond acceptors (Lipinski definition) is 1. The molecule has 0 N–H and O–H groups in total. The molecular formula is C15H14BrClO. The molecule has 0 atom stereocenters. The molecule has 94 valence electrons. The molecule has 0 unspecified atom stereocenters. The van der Waals surface area contributed by atoms with Gasteiger partial charge in [-0.2, -0.15) is 0 Å². The maximum absolute atomic E-state index is 5.99. The molecule has 0 amide bonds. The molecule has 0 aromatic heterocycles. The molecule has 0 aliphatic rings. The Kier molecular flexibility index (Phi) is 4.67. The lowest BCUT2D eigenvalue weighted by molar-refractivity contribution is 0.473. The molecule has 0 spiro atoms. The van der Waals surface area contributed by atoms with Crippen molar-refractivity contribution in [3.63, 3.8) is 0 Å². The average molecular weight is 326 g/mol. The number of halogens is 2. The predicted octanol–water partition coefficient (Wildman–Crippen LogP) is 5.59. The van der Waals surface area contributed by atoms with Crippen LogP contribution in [0.15, 0.2) is 42.5 Å². The highest BCUT2D eigenvalue weighted by molar-refractivity contribution is 9.08. The maximum atomic E-state index is 5.99. The van der Waals surface area contributed by atoms with Crippen molar-refractivity contribution < 1.29 is 4.74 Å². The van der Waals surface area contributed by atoms with Crippen LogP contribution in [-0.2, 0) is 11.8 Å². The molecule has 0 aliphatic heterocycles. The van der Waals surface area contributed by atoms with E-state index in [9.17, 15) is 0 Å². The van der Waals surface area contributed by atoms with Crippen molar-refractivity contribution in [2.24, 2.45) is 0 Å². The van der Waals surface area contributed by atoms with Gasteiger partial charge in [-0.05, 0) is 36.2 Å². The van der Waals surface area contributed by atoms with Crippen LogP contribution >= 0.6 is 27.5 Å². The van der Waals surface area contributed by atoms with Crippen molar-refractivity contribution in [3.8, 4) is 11.5 Å². The van der Waals surface area contributed by atoms with Gasteiger partial charge in [0.1, 0.15) is 11.5 Å². The van der Waals surface area contributed by atoms with Crippen LogP contribution in [0.1, 0.15) is 18.1 Å². The molecular weight excluding hydrogens is 312 g/mol. The summed E-state index contributed by atoms with van der Waals surface area (Å²) in [5.41, 5.74) is 2.25. The van der Waals surface area contributed by atoms with E-state index in [0.717, 1.165) is 33.8 Å². The molecule has 0 heterocycles. The van der Waals surface area contributed by atoms with Gasteiger partial charge in [-0.15, -0.1) is 0 Å². The molecule has 1 nitrogen and oxygen atoms in total. The number of benzene rings is 2. The zero-order valence-corrected chi connectivity index (χ0v) is 12.5. The Morgan fingerprint density at radius 3 is 2.50 bits per heavy atom. The standard InChI is InChI=1S/C15H14BrClO/c1-2-11-5-3-4-6-14(11)18-15-8-7-13(17)9-12(15)10-16/h3-9H,2,10H2,1H3. The summed E-state index contributed by atoms with van der Waals surface area (Å²) in [5, 5.41) is 1.44. The topological polar surface area (TPSA) is 9.23 Å². The quantitative estimate of drug-likeness (QED) is 0.666. The minimum Gasteiger partial charge on any atom is -0.457 e. The van der Waals surface area contributed by atoms with Crippen LogP contribution in [-0.4, -0.2) is 0 Å². The van der Waals surface area contributed by atoms with Crippen molar-refractivity contribution in [2.75, 3.05) is 0 Å². The first-order valence-corrected chi connectivity index (χ1v) is 7.34. The summed E-state index contributed by atoms with van der Waals surface area (Å²) in [7, 11) is 0. The smallest absolute Gasteiger partial charge is 0.131 e. The Morgan fingerprint density at radius 2 is 1.78 bits per heavy atom. The van der Waals surface area contributed by atoms with Gasteiger partial charge in [0.25, 0.3) is 0 Å². The van der Waals surface area contributed by atoms with Crippen molar-refractivity contribution in [2.45, 2.75) is 18.7 Å². The Labute approximate surface area is 121 Å². The van der Waals surface area contributed by atoms with Crippen LogP contribution in [0, 0.1) is 0 Å². The SMILES string of the molecule is CCc1ccccc1Oc1ccc(Cl)cc1CBr. The molecule has 3 heteroatoms. The summed E-state index contributed by atoms with van der Waals surface area (Å²) in [6.07, 6.45) is 0.952. The summed E-state index contributed by atoms with van der Waals surface area (Å²) in [6.45, 7) is 2.12. The molecule has 0 saturated heterocycles. The van der Waals surface area contributed by atoms with Gasteiger partial charge in [0, 0.05) is 15.9 Å². The van der Waals surface area contributed by atoms with Gasteiger partial charge in [0.2, 0.25) is 0 Å². The third-order valence-corrected chi connectivity index (χ3v) is 3.58. The molecule has 0 aliphatic carbocycles.